The van der Waals surface area contributed by atoms with Crippen molar-refractivity contribution in [3.63, 3.8) is 0 Å². The Morgan fingerprint density at radius 3 is 2.52 bits per heavy atom. The van der Waals surface area contributed by atoms with Crippen LogP contribution in [0.3, 0.4) is 0 Å². The molecule has 4 rings (SSSR count). The molecule has 1 amide bonds. The van der Waals surface area contributed by atoms with Crippen LogP contribution in [0.15, 0.2) is 43.0 Å². The van der Waals surface area contributed by atoms with Crippen LogP contribution in [0.5, 0.6) is 0 Å². The average molecular weight is 309 g/mol. The lowest BCUT2D eigenvalue weighted by atomic mass is 10.2. The van der Waals surface area contributed by atoms with E-state index in [0.717, 1.165) is 5.65 Å². The maximum atomic E-state index is 12.6. The summed E-state index contributed by atoms with van der Waals surface area (Å²) < 4.78 is 1.61. The fourth-order valence-electron chi connectivity index (χ4n) is 2.66. The molecule has 0 atom stereocenters. The van der Waals surface area contributed by atoms with E-state index in [9.17, 15) is 4.79 Å². The Kier molecular flexibility index (Phi) is 3.34. The molecule has 0 N–H and O–H groups in total. The highest BCUT2D eigenvalue weighted by atomic mass is 16.2. The number of imidazole rings is 1. The first-order valence-electron chi connectivity index (χ1n) is 7.43. The summed E-state index contributed by atoms with van der Waals surface area (Å²) in [5.74, 6) is 0.645. The monoisotopic (exact) mass is 309 g/mol. The molecule has 3 aromatic rings. The number of carbonyl (C=O) groups excluding carboxylic acids is 1. The van der Waals surface area contributed by atoms with Gasteiger partial charge in [0.1, 0.15) is 5.69 Å². The summed E-state index contributed by atoms with van der Waals surface area (Å²) in [6.45, 7) is 2.67. The van der Waals surface area contributed by atoms with Gasteiger partial charge in [-0.2, -0.15) is 5.10 Å². The molecule has 0 unspecified atom stereocenters. The topological polar surface area (TPSA) is 79.5 Å². The largest absolute Gasteiger partial charge is 0.337 e. The van der Waals surface area contributed by atoms with E-state index < -0.39 is 0 Å². The van der Waals surface area contributed by atoms with Crippen molar-refractivity contribution in [1.82, 2.24) is 29.5 Å². The first-order valence-corrected chi connectivity index (χ1v) is 7.43. The highest BCUT2D eigenvalue weighted by Crippen LogP contribution is 2.12. The van der Waals surface area contributed by atoms with Crippen molar-refractivity contribution in [1.29, 1.82) is 0 Å². The number of amides is 1. The normalized spacial score (nSPS) is 15.1. The maximum Gasteiger partial charge on any atom is 0.274 e. The zero-order valence-corrected chi connectivity index (χ0v) is 12.4. The molecule has 1 fully saturated rings. The minimum atomic E-state index is -0.0609. The van der Waals surface area contributed by atoms with Crippen molar-refractivity contribution >= 4 is 17.5 Å². The Hall–Kier alpha value is -3.03. The fourth-order valence-corrected chi connectivity index (χ4v) is 2.66. The number of nitrogens with zero attached hydrogens (tertiary/aromatic N) is 7. The minimum absolute atomic E-state index is 0.0609. The number of hydrogen-bond donors (Lipinski definition) is 0. The lowest BCUT2D eigenvalue weighted by molar-refractivity contribution is 0.0738. The summed E-state index contributed by atoms with van der Waals surface area (Å²) in [4.78, 5) is 29.1. The van der Waals surface area contributed by atoms with Gasteiger partial charge in [-0.3, -0.25) is 4.79 Å². The van der Waals surface area contributed by atoms with Gasteiger partial charge in [0.15, 0.2) is 5.65 Å². The van der Waals surface area contributed by atoms with Crippen LogP contribution in [0.2, 0.25) is 0 Å². The number of rotatable bonds is 2. The molecule has 1 aliphatic rings. The second-order valence-corrected chi connectivity index (χ2v) is 5.28. The van der Waals surface area contributed by atoms with E-state index in [4.69, 9.17) is 0 Å². The van der Waals surface area contributed by atoms with Crippen molar-refractivity contribution in [2.75, 3.05) is 31.1 Å². The van der Waals surface area contributed by atoms with Crippen molar-refractivity contribution in [2.45, 2.75) is 0 Å². The molecule has 1 saturated heterocycles. The SMILES string of the molecule is O=C(c1ccc2nccn2n1)N1CCN(c2ncccn2)CC1. The second-order valence-electron chi connectivity index (χ2n) is 5.28. The number of carbonyl (C=O) groups is 1. The summed E-state index contributed by atoms with van der Waals surface area (Å²) in [6, 6.07) is 5.31. The third-order valence-electron chi connectivity index (χ3n) is 3.88. The summed E-state index contributed by atoms with van der Waals surface area (Å²) >= 11 is 0. The Bertz CT molecular complexity index is 824. The van der Waals surface area contributed by atoms with Crippen LogP contribution in [0.25, 0.3) is 5.65 Å². The number of piperazine rings is 1. The average Bonchev–Trinajstić information content (AvgIpc) is 3.10. The molecule has 23 heavy (non-hydrogen) atoms. The number of anilines is 1. The molecule has 8 heteroatoms. The van der Waals surface area contributed by atoms with Crippen molar-refractivity contribution in [2.24, 2.45) is 0 Å². The van der Waals surface area contributed by atoms with Gasteiger partial charge in [0.05, 0.1) is 0 Å². The van der Waals surface area contributed by atoms with E-state index in [2.05, 4.69) is 25.0 Å². The highest BCUT2D eigenvalue weighted by Gasteiger charge is 2.24. The highest BCUT2D eigenvalue weighted by molar-refractivity contribution is 5.92. The predicted molar refractivity (Wildman–Crippen MR) is 83.1 cm³/mol. The molecule has 116 valence electrons. The van der Waals surface area contributed by atoms with Crippen molar-refractivity contribution in [3.8, 4) is 0 Å². The molecule has 0 radical (unpaired) electrons. The van der Waals surface area contributed by atoms with Crippen molar-refractivity contribution < 1.29 is 4.79 Å². The molecular formula is C15H15N7O. The van der Waals surface area contributed by atoms with E-state index in [1.54, 1.807) is 47.5 Å². The number of fused-ring (bicyclic) bond motifs is 1. The van der Waals surface area contributed by atoms with Crippen LogP contribution >= 0.6 is 0 Å². The van der Waals surface area contributed by atoms with Gasteiger partial charge in [-0.25, -0.2) is 19.5 Å². The third kappa shape index (κ3) is 2.59. The van der Waals surface area contributed by atoms with Gasteiger partial charge < -0.3 is 9.80 Å². The van der Waals surface area contributed by atoms with E-state index >= 15 is 0 Å². The molecule has 0 spiro atoms. The predicted octanol–water partition coefficient (Wildman–Crippen LogP) is 0.482. The minimum Gasteiger partial charge on any atom is -0.337 e. The fraction of sp³-hybridized carbons (Fsp3) is 0.267. The molecule has 0 saturated carbocycles. The van der Waals surface area contributed by atoms with Gasteiger partial charge in [-0.15, -0.1) is 0 Å². The Labute approximate surface area is 132 Å². The van der Waals surface area contributed by atoms with Crippen LogP contribution in [-0.2, 0) is 0 Å². The third-order valence-corrected chi connectivity index (χ3v) is 3.88. The quantitative estimate of drug-likeness (QED) is 0.685. The lowest BCUT2D eigenvalue weighted by Gasteiger charge is -2.34. The first-order chi connectivity index (χ1) is 11.3. The zero-order valence-electron chi connectivity index (χ0n) is 12.4. The van der Waals surface area contributed by atoms with Gasteiger partial charge in [0.2, 0.25) is 5.95 Å². The van der Waals surface area contributed by atoms with Gasteiger partial charge in [0.25, 0.3) is 5.91 Å². The number of hydrogen-bond acceptors (Lipinski definition) is 6. The Morgan fingerprint density at radius 2 is 1.74 bits per heavy atom. The van der Waals surface area contributed by atoms with Gasteiger partial charge in [0, 0.05) is 51.0 Å². The Balaban J connectivity index is 1.46. The summed E-state index contributed by atoms with van der Waals surface area (Å²) in [7, 11) is 0. The van der Waals surface area contributed by atoms with Crippen LogP contribution in [0.4, 0.5) is 5.95 Å². The Morgan fingerprint density at radius 1 is 0.957 bits per heavy atom. The molecular weight excluding hydrogens is 294 g/mol. The van der Waals surface area contributed by atoms with Crippen LogP contribution in [-0.4, -0.2) is 61.6 Å². The molecule has 0 aromatic carbocycles. The molecule has 3 aromatic heterocycles. The van der Waals surface area contributed by atoms with E-state index in [1.807, 2.05) is 4.90 Å². The zero-order chi connectivity index (χ0) is 15.6. The summed E-state index contributed by atoms with van der Waals surface area (Å²) in [6.07, 6.45) is 6.85. The molecule has 8 nitrogen and oxygen atoms in total. The second kappa shape index (κ2) is 5.64. The smallest absolute Gasteiger partial charge is 0.274 e. The van der Waals surface area contributed by atoms with Crippen LogP contribution < -0.4 is 4.90 Å². The van der Waals surface area contributed by atoms with Crippen molar-refractivity contribution in [3.05, 3.63) is 48.7 Å². The lowest BCUT2D eigenvalue weighted by Crippen LogP contribution is -2.49. The van der Waals surface area contributed by atoms with Crippen LogP contribution in [0.1, 0.15) is 10.5 Å². The van der Waals surface area contributed by atoms with E-state index in [0.29, 0.717) is 37.8 Å². The molecule has 1 aliphatic heterocycles. The van der Waals surface area contributed by atoms with Gasteiger partial charge >= 0.3 is 0 Å². The molecule has 0 aliphatic carbocycles. The van der Waals surface area contributed by atoms with Gasteiger partial charge in [-0.1, -0.05) is 0 Å². The van der Waals surface area contributed by atoms with Gasteiger partial charge in [-0.05, 0) is 18.2 Å². The summed E-state index contributed by atoms with van der Waals surface area (Å²) in [5.41, 5.74) is 1.16. The first kappa shape index (κ1) is 13.6. The van der Waals surface area contributed by atoms with Crippen LogP contribution in [0, 0.1) is 0 Å². The molecule has 0 bridgehead atoms. The molecule has 4 heterocycles. The standard InChI is InChI=1S/C15H15N7O/c23-14(12-2-3-13-16-6-7-22(13)19-12)20-8-10-21(11-9-20)15-17-4-1-5-18-15/h1-7H,8-11H2. The number of aromatic nitrogens is 5. The summed E-state index contributed by atoms with van der Waals surface area (Å²) in [5, 5.41) is 4.31. The maximum absolute atomic E-state index is 12.6. The van der Waals surface area contributed by atoms with E-state index in [1.165, 1.54) is 0 Å². The van der Waals surface area contributed by atoms with E-state index in [-0.39, 0.29) is 5.91 Å².